The van der Waals surface area contributed by atoms with Gasteiger partial charge >= 0.3 is 11.8 Å². The highest BCUT2D eigenvalue weighted by Gasteiger charge is 2.11. The van der Waals surface area contributed by atoms with Crippen LogP contribution in [-0.2, 0) is 9.59 Å². The second-order valence-electron chi connectivity index (χ2n) is 4.03. The number of carbonyl (C=O) groups is 2. The van der Waals surface area contributed by atoms with Gasteiger partial charge < -0.3 is 15.4 Å². The number of ether oxygens (including phenoxy) is 1. The molecule has 0 radical (unpaired) electrons. The lowest BCUT2D eigenvalue weighted by Crippen LogP contribution is -2.41. The molecule has 0 atom stereocenters. The highest BCUT2D eigenvalue weighted by Crippen LogP contribution is 2.07. The van der Waals surface area contributed by atoms with E-state index >= 15 is 0 Å². The fourth-order valence-corrected chi connectivity index (χ4v) is 1.39. The molecule has 0 heterocycles. The predicted molar refractivity (Wildman–Crippen MR) is 72.9 cm³/mol. The Bertz CT molecular complexity index is 393. The molecule has 1 aromatic carbocycles. The number of nitrogens with one attached hydrogen (secondary N) is 2. The zero-order valence-electron chi connectivity index (χ0n) is 11.1. The van der Waals surface area contributed by atoms with E-state index in [0.29, 0.717) is 19.7 Å². The van der Waals surface area contributed by atoms with Crippen LogP contribution in [0.15, 0.2) is 30.3 Å². The molecule has 0 spiro atoms. The van der Waals surface area contributed by atoms with Crippen molar-refractivity contribution in [3.05, 3.63) is 30.3 Å². The largest absolute Gasteiger partial charge is 0.492 e. The molecule has 0 aliphatic heterocycles. The smallest absolute Gasteiger partial charge is 0.309 e. The first-order valence-corrected chi connectivity index (χ1v) is 6.48. The maximum atomic E-state index is 11.4. The minimum atomic E-state index is -0.618. The quantitative estimate of drug-likeness (QED) is 0.572. The fraction of sp³-hybridized carbons (Fsp3) is 0.429. The van der Waals surface area contributed by atoms with Gasteiger partial charge in [-0.3, -0.25) is 9.59 Å². The monoisotopic (exact) mass is 264 g/mol. The van der Waals surface area contributed by atoms with Crippen LogP contribution in [0, 0.1) is 0 Å². The van der Waals surface area contributed by atoms with Crippen molar-refractivity contribution in [3.63, 3.8) is 0 Å². The van der Waals surface area contributed by atoms with E-state index in [2.05, 4.69) is 10.6 Å². The zero-order valence-corrected chi connectivity index (χ0v) is 11.1. The summed E-state index contributed by atoms with van der Waals surface area (Å²) in [7, 11) is 0. The van der Waals surface area contributed by atoms with Crippen molar-refractivity contribution in [2.75, 3.05) is 19.7 Å². The predicted octanol–water partition coefficient (Wildman–Crippen LogP) is 1.10. The Morgan fingerprint density at radius 1 is 1.05 bits per heavy atom. The molecule has 1 aromatic rings. The molecule has 0 aromatic heterocycles. The first-order chi connectivity index (χ1) is 9.24. The van der Waals surface area contributed by atoms with Crippen LogP contribution < -0.4 is 15.4 Å². The number of unbranched alkanes of at least 4 members (excludes halogenated alkanes) is 1. The Labute approximate surface area is 113 Å². The molecular weight excluding hydrogens is 244 g/mol. The van der Waals surface area contributed by atoms with Gasteiger partial charge in [0.05, 0.1) is 6.54 Å². The minimum absolute atomic E-state index is 0.301. The van der Waals surface area contributed by atoms with Crippen LogP contribution in [0.4, 0.5) is 0 Å². The van der Waals surface area contributed by atoms with Crippen molar-refractivity contribution < 1.29 is 14.3 Å². The van der Waals surface area contributed by atoms with E-state index in [1.165, 1.54) is 0 Å². The Morgan fingerprint density at radius 2 is 1.68 bits per heavy atom. The summed E-state index contributed by atoms with van der Waals surface area (Å²) in [5, 5.41) is 5.05. The van der Waals surface area contributed by atoms with Crippen molar-refractivity contribution in [1.29, 1.82) is 0 Å². The Hall–Kier alpha value is -2.04. The van der Waals surface area contributed by atoms with Crippen LogP contribution in [0.25, 0.3) is 0 Å². The summed E-state index contributed by atoms with van der Waals surface area (Å²) in [4.78, 5) is 22.7. The summed E-state index contributed by atoms with van der Waals surface area (Å²) in [5.41, 5.74) is 0. The summed E-state index contributed by atoms with van der Waals surface area (Å²) >= 11 is 0. The van der Waals surface area contributed by atoms with Gasteiger partial charge in [0, 0.05) is 6.54 Å². The van der Waals surface area contributed by atoms with E-state index in [4.69, 9.17) is 4.74 Å². The van der Waals surface area contributed by atoms with Gasteiger partial charge in [-0.05, 0) is 18.6 Å². The summed E-state index contributed by atoms with van der Waals surface area (Å²) < 4.78 is 5.39. The lowest BCUT2D eigenvalue weighted by Gasteiger charge is -2.07. The number of amides is 2. The molecule has 0 unspecified atom stereocenters. The molecular formula is C14H20N2O3. The normalized spacial score (nSPS) is 9.74. The van der Waals surface area contributed by atoms with E-state index in [1.807, 2.05) is 37.3 Å². The molecule has 104 valence electrons. The maximum absolute atomic E-state index is 11.4. The molecule has 0 bridgehead atoms. The topological polar surface area (TPSA) is 67.4 Å². The molecule has 2 amide bonds. The highest BCUT2D eigenvalue weighted by molar-refractivity contribution is 6.35. The molecule has 1 rings (SSSR count). The van der Waals surface area contributed by atoms with Crippen LogP contribution >= 0.6 is 0 Å². The Morgan fingerprint density at radius 3 is 2.32 bits per heavy atom. The molecule has 0 aliphatic carbocycles. The molecule has 0 aliphatic rings. The van der Waals surface area contributed by atoms with E-state index in [0.717, 1.165) is 18.6 Å². The van der Waals surface area contributed by atoms with Crippen LogP contribution in [0.2, 0.25) is 0 Å². The van der Waals surface area contributed by atoms with Gasteiger partial charge in [-0.15, -0.1) is 0 Å². The van der Waals surface area contributed by atoms with Crippen molar-refractivity contribution in [3.8, 4) is 5.75 Å². The molecule has 2 N–H and O–H groups in total. The van der Waals surface area contributed by atoms with Crippen LogP contribution in [0.5, 0.6) is 5.75 Å². The lowest BCUT2D eigenvalue weighted by molar-refractivity contribution is -0.139. The molecule has 0 saturated carbocycles. The standard InChI is InChI=1S/C14H20N2O3/c1-2-3-9-15-13(17)14(18)16-10-11-19-12-7-5-4-6-8-12/h4-8H,2-3,9-11H2,1H3,(H,15,17)(H,16,18). The summed E-state index contributed by atoms with van der Waals surface area (Å²) in [6.07, 6.45) is 1.85. The van der Waals surface area contributed by atoms with Crippen molar-refractivity contribution >= 4 is 11.8 Å². The van der Waals surface area contributed by atoms with E-state index in [-0.39, 0.29) is 0 Å². The molecule has 5 heteroatoms. The third-order valence-electron chi connectivity index (χ3n) is 2.42. The number of hydrogen-bond acceptors (Lipinski definition) is 3. The summed E-state index contributed by atoms with van der Waals surface area (Å²) in [5.74, 6) is -0.468. The summed E-state index contributed by atoms with van der Waals surface area (Å²) in [6.45, 7) is 3.18. The average molecular weight is 264 g/mol. The van der Waals surface area contributed by atoms with Gasteiger partial charge in [-0.1, -0.05) is 31.5 Å². The van der Waals surface area contributed by atoms with Gasteiger partial charge in [0.15, 0.2) is 0 Å². The fourth-order valence-electron chi connectivity index (χ4n) is 1.39. The van der Waals surface area contributed by atoms with E-state index < -0.39 is 11.8 Å². The van der Waals surface area contributed by atoms with Gasteiger partial charge in [0.2, 0.25) is 0 Å². The first kappa shape index (κ1) is 15.0. The van der Waals surface area contributed by atoms with Crippen molar-refractivity contribution in [1.82, 2.24) is 10.6 Å². The SMILES string of the molecule is CCCCNC(=O)C(=O)NCCOc1ccccc1. The second-order valence-corrected chi connectivity index (χ2v) is 4.03. The van der Waals surface area contributed by atoms with Crippen LogP contribution in [-0.4, -0.2) is 31.5 Å². The third kappa shape index (κ3) is 6.45. The van der Waals surface area contributed by atoms with Gasteiger partial charge in [-0.2, -0.15) is 0 Å². The second kappa shape index (κ2) is 8.97. The molecule has 0 saturated heterocycles. The zero-order chi connectivity index (χ0) is 13.9. The average Bonchev–Trinajstić information content (AvgIpc) is 2.44. The van der Waals surface area contributed by atoms with Crippen molar-refractivity contribution in [2.45, 2.75) is 19.8 Å². The van der Waals surface area contributed by atoms with Crippen LogP contribution in [0.1, 0.15) is 19.8 Å². The molecule has 19 heavy (non-hydrogen) atoms. The highest BCUT2D eigenvalue weighted by atomic mass is 16.5. The Kier molecular flexibility index (Phi) is 7.09. The minimum Gasteiger partial charge on any atom is -0.492 e. The van der Waals surface area contributed by atoms with E-state index in [9.17, 15) is 9.59 Å². The number of rotatable bonds is 7. The maximum Gasteiger partial charge on any atom is 0.309 e. The number of benzene rings is 1. The molecule has 5 nitrogen and oxygen atoms in total. The van der Waals surface area contributed by atoms with Gasteiger partial charge in [-0.25, -0.2) is 0 Å². The van der Waals surface area contributed by atoms with Crippen molar-refractivity contribution in [2.24, 2.45) is 0 Å². The Balaban J connectivity index is 2.11. The van der Waals surface area contributed by atoms with Gasteiger partial charge in [0.25, 0.3) is 0 Å². The van der Waals surface area contributed by atoms with Crippen LogP contribution in [0.3, 0.4) is 0 Å². The van der Waals surface area contributed by atoms with E-state index in [1.54, 1.807) is 0 Å². The summed E-state index contributed by atoms with van der Waals surface area (Å²) in [6, 6.07) is 9.30. The lowest BCUT2D eigenvalue weighted by atomic mass is 10.3. The number of hydrogen-bond donors (Lipinski definition) is 2. The molecule has 0 fully saturated rings. The first-order valence-electron chi connectivity index (χ1n) is 6.48. The number of para-hydroxylation sites is 1. The van der Waals surface area contributed by atoms with Gasteiger partial charge in [0.1, 0.15) is 12.4 Å². The number of carbonyl (C=O) groups excluding carboxylic acids is 2. The third-order valence-corrected chi connectivity index (χ3v) is 2.42.